The van der Waals surface area contributed by atoms with E-state index in [0.717, 1.165) is 22.7 Å². The molecule has 1 aromatic carbocycles. The van der Waals surface area contributed by atoms with E-state index >= 15 is 0 Å². The fourth-order valence-electron chi connectivity index (χ4n) is 1.72. The SMILES string of the molecule is Cc1cc(COc2cc(N)ccc2C)n(C)n1. The highest BCUT2D eigenvalue weighted by Gasteiger charge is 2.05. The summed E-state index contributed by atoms with van der Waals surface area (Å²) in [6, 6.07) is 7.69. The van der Waals surface area contributed by atoms with Gasteiger partial charge in [0.1, 0.15) is 12.4 Å². The smallest absolute Gasteiger partial charge is 0.130 e. The van der Waals surface area contributed by atoms with E-state index in [-0.39, 0.29) is 0 Å². The summed E-state index contributed by atoms with van der Waals surface area (Å²) in [5.74, 6) is 0.823. The van der Waals surface area contributed by atoms with Gasteiger partial charge in [0.15, 0.2) is 0 Å². The van der Waals surface area contributed by atoms with Crippen molar-refractivity contribution in [3.05, 3.63) is 41.2 Å². The first-order chi connectivity index (χ1) is 8.06. The first-order valence-corrected chi connectivity index (χ1v) is 5.54. The molecule has 0 unspecified atom stereocenters. The Hall–Kier alpha value is -1.97. The summed E-state index contributed by atoms with van der Waals surface area (Å²) in [5, 5.41) is 4.28. The van der Waals surface area contributed by atoms with Gasteiger partial charge in [-0.2, -0.15) is 5.10 Å². The lowest BCUT2D eigenvalue weighted by Crippen LogP contribution is -2.04. The van der Waals surface area contributed by atoms with E-state index in [1.807, 2.05) is 49.8 Å². The zero-order valence-electron chi connectivity index (χ0n) is 10.4. The van der Waals surface area contributed by atoms with Gasteiger partial charge in [-0.25, -0.2) is 0 Å². The van der Waals surface area contributed by atoms with E-state index in [4.69, 9.17) is 10.5 Å². The molecule has 2 aromatic rings. The first kappa shape index (κ1) is 11.5. The second kappa shape index (κ2) is 4.49. The summed E-state index contributed by atoms with van der Waals surface area (Å²) < 4.78 is 7.59. The predicted octanol–water partition coefficient (Wildman–Crippen LogP) is 2.20. The highest BCUT2D eigenvalue weighted by Crippen LogP contribution is 2.21. The van der Waals surface area contributed by atoms with Gasteiger partial charge in [-0.3, -0.25) is 4.68 Å². The molecule has 0 radical (unpaired) electrons. The maximum atomic E-state index is 5.76. The average molecular weight is 231 g/mol. The minimum absolute atomic E-state index is 0.502. The Balaban J connectivity index is 2.12. The van der Waals surface area contributed by atoms with E-state index < -0.39 is 0 Å². The highest BCUT2D eigenvalue weighted by atomic mass is 16.5. The van der Waals surface area contributed by atoms with Gasteiger partial charge in [0.05, 0.1) is 11.4 Å². The molecule has 0 saturated heterocycles. The maximum absolute atomic E-state index is 5.76. The number of nitrogens with zero attached hydrogens (tertiary/aromatic N) is 2. The number of hydrogen-bond donors (Lipinski definition) is 1. The molecule has 0 spiro atoms. The van der Waals surface area contributed by atoms with Crippen LogP contribution in [0.1, 0.15) is 17.0 Å². The van der Waals surface area contributed by atoms with Crippen LogP contribution in [-0.4, -0.2) is 9.78 Å². The molecular weight excluding hydrogens is 214 g/mol. The van der Waals surface area contributed by atoms with Crippen LogP contribution in [0, 0.1) is 13.8 Å². The van der Waals surface area contributed by atoms with E-state index in [1.54, 1.807) is 0 Å². The largest absolute Gasteiger partial charge is 0.487 e. The van der Waals surface area contributed by atoms with Crippen LogP contribution in [0.25, 0.3) is 0 Å². The van der Waals surface area contributed by atoms with E-state index in [0.29, 0.717) is 12.3 Å². The van der Waals surface area contributed by atoms with Crippen molar-refractivity contribution in [1.82, 2.24) is 9.78 Å². The monoisotopic (exact) mass is 231 g/mol. The molecule has 4 heteroatoms. The second-order valence-corrected chi connectivity index (χ2v) is 4.21. The lowest BCUT2D eigenvalue weighted by molar-refractivity contribution is 0.293. The Morgan fingerprint density at radius 2 is 2.06 bits per heavy atom. The Bertz CT molecular complexity index is 531. The minimum Gasteiger partial charge on any atom is -0.487 e. The van der Waals surface area contributed by atoms with Crippen molar-refractivity contribution in [3.63, 3.8) is 0 Å². The van der Waals surface area contributed by atoms with Gasteiger partial charge in [-0.05, 0) is 31.5 Å². The fourth-order valence-corrected chi connectivity index (χ4v) is 1.72. The number of anilines is 1. The summed E-state index contributed by atoms with van der Waals surface area (Å²) in [5.41, 5.74) is 9.57. The van der Waals surface area contributed by atoms with Gasteiger partial charge in [0.2, 0.25) is 0 Å². The third kappa shape index (κ3) is 2.58. The topological polar surface area (TPSA) is 53.1 Å². The molecule has 2 N–H and O–H groups in total. The Morgan fingerprint density at radius 3 is 2.71 bits per heavy atom. The third-order valence-electron chi connectivity index (χ3n) is 2.69. The van der Waals surface area contributed by atoms with Gasteiger partial charge < -0.3 is 10.5 Å². The second-order valence-electron chi connectivity index (χ2n) is 4.21. The third-order valence-corrected chi connectivity index (χ3v) is 2.69. The van der Waals surface area contributed by atoms with Crippen molar-refractivity contribution >= 4 is 5.69 Å². The first-order valence-electron chi connectivity index (χ1n) is 5.54. The van der Waals surface area contributed by atoms with Gasteiger partial charge in [0.25, 0.3) is 0 Å². The molecule has 1 heterocycles. The molecule has 1 aromatic heterocycles. The molecule has 0 aliphatic carbocycles. The molecule has 2 rings (SSSR count). The number of hydrogen-bond acceptors (Lipinski definition) is 3. The number of aromatic nitrogens is 2. The van der Waals surface area contributed by atoms with Crippen LogP contribution in [-0.2, 0) is 13.7 Å². The average Bonchev–Trinajstić information content (AvgIpc) is 2.59. The summed E-state index contributed by atoms with van der Waals surface area (Å²) in [6.07, 6.45) is 0. The summed E-state index contributed by atoms with van der Waals surface area (Å²) in [7, 11) is 1.91. The molecular formula is C13H17N3O. The van der Waals surface area contributed by atoms with Crippen LogP contribution < -0.4 is 10.5 Å². The zero-order valence-corrected chi connectivity index (χ0v) is 10.4. The van der Waals surface area contributed by atoms with Crippen LogP contribution >= 0.6 is 0 Å². The predicted molar refractivity (Wildman–Crippen MR) is 67.9 cm³/mol. The molecule has 17 heavy (non-hydrogen) atoms. The zero-order chi connectivity index (χ0) is 12.4. The van der Waals surface area contributed by atoms with Crippen LogP contribution in [0.5, 0.6) is 5.75 Å². The standard InChI is InChI=1S/C13H17N3O/c1-9-4-5-11(14)7-13(9)17-8-12-6-10(2)15-16(12)3/h4-7H,8,14H2,1-3H3. The summed E-state index contributed by atoms with van der Waals surface area (Å²) in [6.45, 7) is 4.47. The van der Waals surface area contributed by atoms with Crippen molar-refractivity contribution < 1.29 is 4.74 Å². The van der Waals surface area contributed by atoms with E-state index in [2.05, 4.69) is 5.10 Å². The quantitative estimate of drug-likeness (QED) is 0.824. The van der Waals surface area contributed by atoms with Gasteiger partial charge >= 0.3 is 0 Å². The molecule has 0 atom stereocenters. The number of aryl methyl sites for hydroxylation is 3. The van der Waals surface area contributed by atoms with E-state index in [1.165, 1.54) is 0 Å². The van der Waals surface area contributed by atoms with Crippen molar-refractivity contribution in [2.45, 2.75) is 20.5 Å². The molecule has 0 aliphatic heterocycles. The summed E-state index contributed by atoms with van der Waals surface area (Å²) in [4.78, 5) is 0. The number of ether oxygens (including phenoxy) is 1. The molecule has 0 amide bonds. The molecule has 0 aliphatic rings. The van der Waals surface area contributed by atoms with Crippen molar-refractivity contribution in [2.75, 3.05) is 5.73 Å². The van der Waals surface area contributed by atoms with Crippen molar-refractivity contribution in [2.24, 2.45) is 7.05 Å². The number of rotatable bonds is 3. The molecule has 4 nitrogen and oxygen atoms in total. The molecule has 0 saturated carbocycles. The number of nitrogen functional groups attached to an aromatic ring is 1. The van der Waals surface area contributed by atoms with Crippen molar-refractivity contribution in [1.29, 1.82) is 0 Å². The lowest BCUT2D eigenvalue weighted by atomic mass is 10.2. The van der Waals surface area contributed by atoms with Gasteiger partial charge in [-0.1, -0.05) is 6.07 Å². The number of nitrogens with two attached hydrogens (primary N) is 1. The Morgan fingerprint density at radius 1 is 1.29 bits per heavy atom. The van der Waals surface area contributed by atoms with Crippen LogP contribution in [0.2, 0.25) is 0 Å². The van der Waals surface area contributed by atoms with Crippen LogP contribution in [0.4, 0.5) is 5.69 Å². The molecule has 0 fully saturated rings. The fraction of sp³-hybridized carbons (Fsp3) is 0.308. The molecule has 0 bridgehead atoms. The van der Waals surface area contributed by atoms with Crippen LogP contribution in [0.3, 0.4) is 0 Å². The highest BCUT2D eigenvalue weighted by molar-refractivity contribution is 5.47. The normalized spacial score (nSPS) is 10.5. The minimum atomic E-state index is 0.502. The van der Waals surface area contributed by atoms with E-state index in [9.17, 15) is 0 Å². The maximum Gasteiger partial charge on any atom is 0.130 e. The van der Waals surface area contributed by atoms with Crippen molar-refractivity contribution in [3.8, 4) is 5.75 Å². The molecule has 90 valence electrons. The summed E-state index contributed by atoms with van der Waals surface area (Å²) >= 11 is 0. The van der Waals surface area contributed by atoms with Gasteiger partial charge in [0, 0.05) is 18.8 Å². The lowest BCUT2D eigenvalue weighted by Gasteiger charge is -2.09. The Labute approximate surface area is 101 Å². The van der Waals surface area contributed by atoms with Gasteiger partial charge in [-0.15, -0.1) is 0 Å². The van der Waals surface area contributed by atoms with Crippen LogP contribution in [0.15, 0.2) is 24.3 Å². The Kier molecular flexibility index (Phi) is 3.04. The number of benzene rings is 1.